The highest BCUT2D eigenvalue weighted by Gasteiger charge is 1.79. The van der Waals surface area contributed by atoms with E-state index in [1.807, 2.05) is 32.0 Å². The fraction of sp³-hybridized carbons (Fsp3) is 0.231. The van der Waals surface area contributed by atoms with Crippen molar-refractivity contribution in [3.8, 4) is 0 Å². The van der Waals surface area contributed by atoms with E-state index in [9.17, 15) is 0 Å². The van der Waals surface area contributed by atoms with E-state index in [0.29, 0.717) is 0 Å². The summed E-state index contributed by atoms with van der Waals surface area (Å²) < 4.78 is 0. The Morgan fingerprint density at radius 1 is 1.29 bits per heavy atom. The zero-order valence-electron chi connectivity index (χ0n) is 8.83. The number of halogens is 1. The lowest BCUT2D eigenvalue weighted by atomic mass is 10.2. The normalized spacial score (nSPS) is 9.36. The molecule has 0 amide bonds. The number of hydrogen-bond donors (Lipinski definition) is 0. The van der Waals surface area contributed by atoms with Crippen molar-refractivity contribution in [3.63, 3.8) is 0 Å². The van der Waals surface area contributed by atoms with Gasteiger partial charge < -0.3 is 0 Å². The molecular weight excluding hydrogens is 236 g/mol. The summed E-state index contributed by atoms with van der Waals surface area (Å²) in [6.45, 7) is 7.50. The third-order valence-corrected chi connectivity index (χ3v) is 1.57. The van der Waals surface area contributed by atoms with Gasteiger partial charge >= 0.3 is 0 Å². The predicted molar refractivity (Wildman–Crippen MR) is 69.8 cm³/mol. The first-order valence-corrected chi connectivity index (χ1v) is 5.68. The fourth-order valence-electron chi connectivity index (χ4n) is 0.745. The van der Waals surface area contributed by atoms with Gasteiger partial charge in [0.05, 0.1) is 0 Å². The summed E-state index contributed by atoms with van der Waals surface area (Å²) in [7, 11) is 0. The van der Waals surface area contributed by atoms with Crippen LogP contribution in [0.25, 0.3) is 6.08 Å². The van der Waals surface area contributed by atoms with Crippen molar-refractivity contribution in [1.82, 2.24) is 0 Å². The second-order valence-electron chi connectivity index (χ2n) is 3.17. The van der Waals surface area contributed by atoms with Gasteiger partial charge in [0.1, 0.15) is 0 Å². The van der Waals surface area contributed by atoms with Gasteiger partial charge in [-0.2, -0.15) is 0 Å². The van der Waals surface area contributed by atoms with Crippen LogP contribution in [0.1, 0.15) is 19.4 Å². The van der Waals surface area contributed by atoms with Crippen LogP contribution < -0.4 is 0 Å². The predicted octanol–water partition coefficient (Wildman–Crippen LogP) is 4.68. The quantitative estimate of drug-likeness (QED) is 0.530. The number of benzene rings is 1. The summed E-state index contributed by atoms with van der Waals surface area (Å²) in [5.41, 5.74) is 2.42. The Kier molecular flexibility index (Phi) is 8.25. The van der Waals surface area contributed by atoms with Gasteiger partial charge in [-0.05, 0) is 19.4 Å². The van der Waals surface area contributed by atoms with Gasteiger partial charge in [0.15, 0.2) is 0 Å². The van der Waals surface area contributed by atoms with E-state index >= 15 is 0 Å². The van der Waals surface area contributed by atoms with Crippen molar-refractivity contribution in [1.29, 1.82) is 0 Å². The van der Waals surface area contributed by atoms with Crippen molar-refractivity contribution in [2.24, 2.45) is 0 Å². The third-order valence-electron chi connectivity index (χ3n) is 1.20. The minimum Gasteiger partial charge on any atom is -0.100 e. The molecule has 0 nitrogen and oxygen atoms in total. The standard InChI is InChI=1S/C9H9Br.C4H8/c10-8-4-7-9-5-2-1-3-6-9;1-4(2)3/h1-7H,8H2;1H2,2-3H3. The summed E-state index contributed by atoms with van der Waals surface area (Å²) in [5.74, 6) is 0. The molecule has 0 aliphatic heterocycles. The van der Waals surface area contributed by atoms with Gasteiger partial charge in [-0.1, -0.05) is 64.0 Å². The van der Waals surface area contributed by atoms with Crippen LogP contribution in [-0.2, 0) is 0 Å². The van der Waals surface area contributed by atoms with Crippen LogP contribution in [0.5, 0.6) is 0 Å². The summed E-state index contributed by atoms with van der Waals surface area (Å²) in [5, 5.41) is 0.919. The summed E-state index contributed by atoms with van der Waals surface area (Å²) in [6.07, 6.45) is 4.17. The molecule has 0 saturated heterocycles. The van der Waals surface area contributed by atoms with E-state index in [-0.39, 0.29) is 0 Å². The van der Waals surface area contributed by atoms with Crippen LogP contribution in [-0.4, -0.2) is 5.33 Å². The molecule has 1 rings (SSSR count). The highest BCUT2D eigenvalue weighted by Crippen LogP contribution is 2.00. The Hall–Kier alpha value is -0.820. The van der Waals surface area contributed by atoms with E-state index in [1.54, 1.807) is 0 Å². The highest BCUT2D eigenvalue weighted by molar-refractivity contribution is 9.09. The molecular formula is C13H17Br. The van der Waals surface area contributed by atoms with Crippen LogP contribution in [0.3, 0.4) is 0 Å². The lowest BCUT2D eigenvalue weighted by Gasteiger charge is -1.88. The van der Waals surface area contributed by atoms with Gasteiger partial charge in [-0.25, -0.2) is 0 Å². The molecule has 0 unspecified atom stereocenters. The van der Waals surface area contributed by atoms with E-state index in [1.165, 1.54) is 11.1 Å². The molecule has 0 aromatic heterocycles. The van der Waals surface area contributed by atoms with Gasteiger partial charge in [0.2, 0.25) is 0 Å². The monoisotopic (exact) mass is 252 g/mol. The second-order valence-corrected chi connectivity index (χ2v) is 3.82. The lowest BCUT2D eigenvalue weighted by Crippen LogP contribution is -1.67. The summed E-state index contributed by atoms with van der Waals surface area (Å²) in [4.78, 5) is 0. The maximum atomic E-state index is 3.56. The Balaban J connectivity index is 0.000000364. The van der Waals surface area contributed by atoms with Gasteiger partial charge in [0.25, 0.3) is 0 Å². The van der Waals surface area contributed by atoms with E-state index in [2.05, 4.69) is 46.8 Å². The second kappa shape index (κ2) is 8.76. The van der Waals surface area contributed by atoms with Crippen molar-refractivity contribution >= 4 is 22.0 Å². The minimum atomic E-state index is 0.919. The Labute approximate surface area is 95.5 Å². The molecule has 0 fully saturated rings. The molecule has 0 aliphatic carbocycles. The Morgan fingerprint density at radius 2 is 1.79 bits per heavy atom. The first-order chi connectivity index (χ1) is 6.66. The van der Waals surface area contributed by atoms with Crippen molar-refractivity contribution < 1.29 is 0 Å². The molecule has 1 aromatic rings. The van der Waals surface area contributed by atoms with Gasteiger partial charge in [-0.3, -0.25) is 0 Å². The van der Waals surface area contributed by atoms with E-state index in [4.69, 9.17) is 0 Å². The molecule has 0 spiro atoms. The third kappa shape index (κ3) is 9.27. The van der Waals surface area contributed by atoms with Crippen LogP contribution in [0.2, 0.25) is 0 Å². The molecule has 0 bridgehead atoms. The lowest BCUT2D eigenvalue weighted by molar-refractivity contribution is 1.42. The van der Waals surface area contributed by atoms with Crippen LogP contribution in [0.4, 0.5) is 0 Å². The average Bonchev–Trinajstić information content (AvgIpc) is 2.15. The van der Waals surface area contributed by atoms with Crippen molar-refractivity contribution in [2.75, 3.05) is 5.33 Å². The van der Waals surface area contributed by atoms with Crippen LogP contribution >= 0.6 is 15.9 Å². The summed E-state index contributed by atoms with van der Waals surface area (Å²) in [6, 6.07) is 10.3. The largest absolute Gasteiger partial charge is 0.100 e. The molecule has 0 N–H and O–H groups in total. The number of allylic oxidation sites excluding steroid dienone is 2. The van der Waals surface area contributed by atoms with Gasteiger partial charge in [-0.15, -0.1) is 6.58 Å². The summed E-state index contributed by atoms with van der Waals surface area (Å²) >= 11 is 3.32. The molecule has 76 valence electrons. The first-order valence-electron chi connectivity index (χ1n) is 4.56. The van der Waals surface area contributed by atoms with Gasteiger partial charge in [0, 0.05) is 5.33 Å². The Bertz CT molecular complexity index is 269. The zero-order chi connectivity index (χ0) is 10.8. The molecule has 14 heavy (non-hydrogen) atoms. The van der Waals surface area contributed by atoms with E-state index < -0.39 is 0 Å². The zero-order valence-corrected chi connectivity index (χ0v) is 10.4. The number of rotatable bonds is 2. The Morgan fingerprint density at radius 3 is 2.21 bits per heavy atom. The topological polar surface area (TPSA) is 0 Å². The molecule has 0 saturated carbocycles. The molecule has 0 atom stereocenters. The average molecular weight is 253 g/mol. The molecule has 0 aliphatic rings. The molecule has 0 radical (unpaired) electrons. The van der Waals surface area contributed by atoms with Crippen LogP contribution in [0.15, 0.2) is 48.6 Å². The molecule has 1 aromatic carbocycles. The first kappa shape index (κ1) is 13.2. The van der Waals surface area contributed by atoms with Crippen LogP contribution in [0, 0.1) is 0 Å². The molecule has 0 heterocycles. The maximum Gasteiger partial charge on any atom is 0.0215 e. The van der Waals surface area contributed by atoms with Crippen molar-refractivity contribution in [2.45, 2.75) is 13.8 Å². The highest BCUT2D eigenvalue weighted by atomic mass is 79.9. The smallest absolute Gasteiger partial charge is 0.0215 e. The van der Waals surface area contributed by atoms with E-state index in [0.717, 1.165) is 5.33 Å². The molecule has 1 heteroatoms. The number of hydrogen-bond acceptors (Lipinski definition) is 0. The SMILES string of the molecule is BrCC=Cc1ccccc1.C=C(C)C. The fourth-order valence-corrected chi connectivity index (χ4v) is 0.932. The minimum absolute atomic E-state index is 0.919. The maximum absolute atomic E-state index is 3.56. The van der Waals surface area contributed by atoms with Crippen molar-refractivity contribution in [3.05, 3.63) is 54.1 Å². The number of alkyl halides is 1.